The Kier molecular flexibility index (Phi) is 5.56. The van der Waals surface area contributed by atoms with Crippen LogP contribution in [0.1, 0.15) is 11.6 Å². The summed E-state index contributed by atoms with van der Waals surface area (Å²) in [6, 6.07) is 5.95. The van der Waals surface area contributed by atoms with Gasteiger partial charge in [0.2, 0.25) is 0 Å². The van der Waals surface area contributed by atoms with Gasteiger partial charge in [0.05, 0.1) is 19.8 Å². The monoisotopic (exact) mass is 281 g/mol. The fourth-order valence-corrected chi connectivity index (χ4v) is 1.33. The quantitative estimate of drug-likeness (QED) is 0.781. The molecule has 7 heteroatoms. The number of ether oxygens (including phenoxy) is 2. The fourth-order valence-electron chi connectivity index (χ4n) is 1.33. The first-order valence-corrected chi connectivity index (χ1v) is 5.50. The highest BCUT2D eigenvalue weighted by Crippen LogP contribution is 2.23. The van der Waals surface area contributed by atoms with Crippen LogP contribution in [0, 0.1) is 0 Å². The third-order valence-electron chi connectivity index (χ3n) is 2.46. The van der Waals surface area contributed by atoms with Crippen LogP contribution in [0.4, 0.5) is 17.6 Å². The van der Waals surface area contributed by atoms with Crippen LogP contribution in [0.15, 0.2) is 24.3 Å². The van der Waals surface area contributed by atoms with Gasteiger partial charge in [-0.25, -0.2) is 8.78 Å². The van der Waals surface area contributed by atoms with Crippen LogP contribution in [0.25, 0.3) is 0 Å². The molecule has 2 N–H and O–H groups in total. The first-order valence-electron chi connectivity index (χ1n) is 5.50. The molecule has 0 saturated heterocycles. The van der Waals surface area contributed by atoms with E-state index in [0.29, 0.717) is 11.3 Å². The highest BCUT2D eigenvalue weighted by atomic mass is 19.3. The minimum absolute atomic E-state index is 0.269. The molecule has 0 heterocycles. The van der Waals surface area contributed by atoms with Crippen molar-refractivity contribution in [3.05, 3.63) is 29.8 Å². The van der Waals surface area contributed by atoms with E-state index in [1.165, 1.54) is 7.11 Å². The SMILES string of the molecule is COc1ccc(C(N)COCC(F)(F)C(F)F)cc1. The van der Waals surface area contributed by atoms with E-state index in [2.05, 4.69) is 4.74 Å². The predicted octanol–water partition coefficient (Wildman–Crippen LogP) is 2.61. The average Bonchev–Trinajstić information content (AvgIpc) is 2.38. The lowest BCUT2D eigenvalue weighted by Gasteiger charge is -2.17. The number of alkyl halides is 4. The summed E-state index contributed by atoms with van der Waals surface area (Å²) in [5, 5.41) is 0. The number of methoxy groups -OCH3 is 1. The van der Waals surface area contributed by atoms with Crippen molar-refractivity contribution in [3.63, 3.8) is 0 Å². The van der Waals surface area contributed by atoms with Crippen molar-refractivity contribution < 1.29 is 27.0 Å². The zero-order valence-electron chi connectivity index (χ0n) is 10.3. The summed E-state index contributed by atoms with van der Waals surface area (Å²) in [5.74, 6) is -3.53. The zero-order chi connectivity index (χ0) is 14.5. The highest BCUT2D eigenvalue weighted by Gasteiger charge is 2.41. The molecule has 0 saturated carbocycles. The molecule has 1 unspecified atom stereocenters. The van der Waals surface area contributed by atoms with Gasteiger partial charge >= 0.3 is 12.3 Å². The first kappa shape index (κ1) is 15.7. The molecule has 0 radical (unpaired) electrons. The van der Waals surface area contributed by atoms with Crippen LogP contribution in [0.3, 0.4) is 0 Å². The summed E-state index contributed by atoms with van der Waals surface area (Å²) >= 11 is 0. The highest BCUT2D eigenvalue weighted by molar-refractivity contribution is 5.28. The molecule has 108 valence electrons. The predicted molar refractivity (Wildman–Crippen MR) is 61.7 cm³/mol. The number of benzene rings is 1. The second-order valence-electron chi connectivity index (χ2n) is 3.96. The average molecular weight is 281 g/mol. The Morgan fingerprint density at radius 2 is 1.79 bits per heavy atom. The van der Waals surface area contributed by atoms with Crippen LogP contribution in [0.2, 0.25) is 0 Å². The van der Waals surface area contributed by atoms with Gasteiger partial charge in [0.1, 0.15) is 12.4 Å². The Balaban J connectivity index is 2.44. The van der Waals surface area contributed by atoms with E-state index in [9.17, 15) is 17.6 Å². The van der Waals surface area contributed by atoms with E-state index in [-0.39, 0.29) is 6.61 Å². The Morgan fingerprint density at radius 1 is 1.21 bits per heavy atom. The third-order valence-corrected chi connectivity index (χ3v) is 2.46. The molecule has 1 atom stereocenters. The molecular formula is C12H15F4NO2. The van der Waals surface area contributed by atoms with Crippen LogP contribution in [-0.4, -0.2) is 32.7 Å². The van der Waals surface area contributed by atoms with E-state index in [4.69, 9.17) is 10.5 Å². The topological polar surface area (TPSA) is 44.5 Å². The van der Waals surface area contributed by atoms with Gasteiger partial charge in [0, 0.05) is 0 Å². The zero-order valence-corrected chi connectivity index (χ0v) is 10.3. The molecule has 0 aliphatic carbocycles. The van der Waals surface area contributed by atoms with E-state index in [0.717, 1.165) is 0 Å². The standard InChI is InChI=1S/C12H15F4NO2/c1-18-9-4-2-8(3-5-9)10(17)6-19-7-12(15,16)11(13)14/h2-5,10-11H,6-7,17H2,1H3. The Hall–Kier alpha value is -1.34. The molecule has 1 aromatic rings. The summed E-state index contributed by atoms with van der Waals surface area (Å²) in [5.41, 5.74) is 6.33. The van der Waals surface area contributed by atoms with Gasteiger partial charge < -0.3 is 15.2 Å². The largest absolute Gasteiger partial charge is 0.497 e. The summed E-state index contributed by atoms with van der Waals surface area (Å²) < 4.78 is 58.4. The summed E-state index contributed by atoms with van der Waals surface area (Å²) in [4.78, 5) is 0. The lowest BCUT2D eigenvalue weighted by atomic mass is 10.1. The van der Waals surface area contributed by atoms with E-state index in [1.54, 1.807) is 24.3 Å². The molecule has 1 rings (SSSR count). The van der Waals surface area contributed by atoms with Crippen LogP contribution < -0.4 is 10.5 Å². The fraction of sp³-hybridized carbons (Fsp3) is 0.500. The number of rotatable bonds is 7. The summed E-state index contributed by atoms with van der Waals surface area (Å²) in [6.07, 6.45) is -3.75. The maximum absolute atomic E-state index is 12.6. The Morgan fingerprint density at radius 3 is 2.26 bits per heavy atom. The molecule has 0 aliphatic rings. The van der Waals surface area contributed by atoms with E-state index < -0.39 is 25.0 Å². The molecule has 0 amide bonds. The van der Waals surface area contributed by atoms with Gasteiger partial charge in [-0.2, -0.15) is 8.78 Å². The van der Waals surface area contributed by atoms with Gasteiger partial charge in [-0.1, -0.05) is 12.1 Å². The number of hydrogen-bond donors (Lipinski definition) is 1. The first-order chi connectivity index (χ1) is 8.86. The van der Waals surface area contributed by atoms with Gasteiger partial charge in [-0.05, 0) is 17.7 Å². The van der Waals surface area contributed by atoms with Crippen LogP contribution >= 0.6 is 0 Å². The molecule has 0 aliphatic heterocycles. The smallest absolute Gasteiger partial charge is 0.330 e. The van der Waals surface area contributed by atoms with E-state index in [1.807, 2.05) is 0 Å². The lowest BCUT2D eigenvalue weighted by Crippen LogP contribution is -2.33. The van der Waals surface area contributed by atoms with E-state index >= 15 is 0 Å². The van der Waals surface area contributed by atoms with Crippen molar-refractivity contribution in [2.45, 2.75) is 18.4 Å². The molecule has 3 nitrogen and oxygen atoms in total. The Bertz CT molecular complexity index is 384. The second-order valence-corrected chi connectivity index (χ2v) is 3.96. The van der Waals surface area contributed by atoms with Gasteiger partial charge in [0.25, 0.3) is 0 Å². The summed E-state index contributed by atoms with van der Waals surface area (Å²) in [7, 11) is 1.50. The third kappa shape index (κ3) is 4.68. The van der Waals surface area contributed by atoms with Crippen molar-refractivity contribution in [3.8, 4) is 5.75 Å². The maximum atomic E-state index is 12.6. The van der Waals surface area contributed by atoms with Crippen molar-refractivity contribution in [2.75, 3.05) is 20.3 Å². The van der Waals surface area contributed by atoms with Crippen molar-refractivity contribution in [2.24, 2.45) is 5.73 Å². The molecular weight excluding hydrogens is 266 g/mol. The second kappa shape index (κ2) is 6.72. The minimum Gasteiger partial charge on any atom is -0.497 e. The molecule has 0 fully saturated rings. The lowest BCUT2D eigenvalue weighted by molar-refractivity contribution is -0.166. The van der Waals surface area contributed by atoms with Crippen molar-refractivity contribution in [1.82, 2.24) is 0 Å². The number of halogens is 4. The maximum Gasteiger partial charge on any atom is 0.330 e. The van der Waals surface area contributed by atoms with Crippen LogP contribution in [0.5, 0.6) is 5.75 Å². The summed E-state index contributed by atoms with van der Waals surface area (Å²) in [6.45, 7) is -1.62. The van der Waals surface area contributed by atoms with Gasteiger partial charge in [-0.15, -0.1) is 0 Å². The van der Waals surface area contributed by atoms with Gasteiger partial charge in [-0.3, -0.25) is 0 Å². The number of hydrogen-bond acceptors (Lipinski definition) is 3. The van der Waals surface area contributed by atoms with Crippen molar-refractivity contribution >= 4 is 0 Å². The number of nitrogens with two attached hydrogens (primary N) is 1. The van der Waals surface area contributed by atoms with Gasteiger partial charge in [0.15, 0.2) is 0 Å². The minimum atomic E-state index is -4.15. The molecule has 0 aromatic heterocycles. The molecule has 0 spiro atoms. The normalized spacial score (nSPS) is 13.6. The molecule has 1 aromatic carbocycles. The Labute approximate surface area is 108 Å². The van der Waals surface area contributed by atoms with Crippen molar-refractivity contribution in [1.29, 1.82) is 0 Å². The molecule has 19 heavy (non-hydrogen) atoms. The van der Waals surface area contributed by atoms with Crippen LogP contribution in [-0.2, 0) is 4.74 Å². The molecule has 0 bridgehead atoms.